The Morgan fingerprint density at radius 2 is 1.97 bits per heavy atom. The van der Waals surface area contributed by atoms with Gasteiger partial charge in [-0.1, -0.05) is 6.07 Å². The van der Waals surface area contributed by atoms with E-state index >= 15 is 0 Å². The molecule has 170 valence electrons. The molecule has 9 heteroatoms. The van der Waals surface area contributed by atoms with Gasteiger partial charge in [-0.3, -0.25) is 14.4 Å². The molecule has 0 unspecified atom stereocenters. The maximum Gasteiger partial charge on any atom is 0.255 e. The number of carbonyl (C=O) groups is 3. The third kappa shape index (κ3) is 5.38. The summed E-state index contributed by atoms with van der Waals surface area (Å²) in [6.07, 6.45) is 6.74. The normalized spacial score (nSPS) is 13.1. The van der Waals surface area contributed by atoms with E-state index in [0.29, 0.717) is 54.3 Å². The second-order valence-corrected chi connectivity index (χ2v) is 7.67. The van der Waals surface area contributed by atoms with Crippen LogP contribution in [0, 0.1) is 0 Å². The fraction of sp³-hybridized carbons (Fsp3) is 0.250. The molecular formula is C24H25N5O4. The first-order chi connectivity index (χ1) is 16.0. The van der Waals surface area contributed by atoms with Gasteiger partial charge in [0.15, 0.2) is 0 Å². The number of ether oxygens (including phenoxy) is 1. The molecule has 0 spiro atoms. The van der Waals surface area contributed by atoms with E-state index in [1.807, 2.05) is 4.57 Å². The van der Waals surface area contributed by atoms with Crippen LogP contribution < -0.4 is 20.3 Å². The van der Waals surface area contributed by atoms with Crippen molar-refractivity contribution in [2.24, 2.45) is 0 Å². The fourth-order valence-electron chi connectivity index (χ4n) is 3.70. The first kappa shape index (κ1) is 22.1. The maximum absolute atomic E-state index is 12.8. The number of carbonyl (C=O) groups excluding carboxylic acids is 3. The van der Waals surface area contributed by atoms with Crippen LogP contribution in [0.15, 0.2) is 61.2 Å². The molecule has 0 radical (unpaired) electrons. The number of benzene rings is 2. The number of imidazole rings is 1. The molecule has 1 aliphatic rings. The third-order valence-corrected chi connectivity index (χ3v) is 5.37. The lowest BCUT2D eigenvalue weighted by Gasteiger charge is -2.19. The van der Waals surface area contributed by atoms with Gasteiger partial charge in [0.1, 0.15) is 5.75 Å². The van der Waals surface area contributed by atoms with E-state index < -0.39 is 0 Å². The minimum absolute atomic E-state index is 0.0639. The summed E-state index contributed by atoms with van der Waals surface area (Å²) in [5.74, 6) is 0.102. The van der Waals surface area contributed by atoms with Gasteiger partial charge in [0.05, 0.1) is 19.1 Å². The van der Waals surface area contributed by atoms with Crippen molar-refractivity contribution in [3.8, 4) is 5.75 Å². The minimum Gasteiger partial charge on any atom is -0.494 e. The Labute approximate surface area is 191 Å². The fourth-order valence-corrected chi connectivity index (χ4v) is 3.70. The SMILES string of the molecule is COc1cc(NC(=O)c2cccc(NC(=O)CCn3ccnc3)c2)ccc1N1CCCC1=O. The molecule has 1 aliphatic heterocycles. The molecule has 0 atom stereocenters. The van der Waals surface area contributed by atoms with E-state index in [4.69, 9.17) is 4.74 Å². The summed E-state index contributed by atoms with van der Waals surface area (Å²) in [5.41, 5.74) is 2.18. The Morgan fingerprint density at radius 1 is 1.12 bits per heavy atom. The Balaban J connectivity index is 1.40. The van der Waals surface area contributed by atoms with Gasteiger partial charge in [-0.2, -0.15) is 0 Å². The summed E-state index contributed by atoms with van der Waals surface area (Å²) in [4.78, 5) is 42.7. The van der Waals surface area contributed by atoms with Crippen LogP contribution in [-0.4, -0.2) is 40.9 Å². The zero-order valence-electron chi connectivity index (χ0n) is 18.3. The van der Waals surface area contributed by atoms with Gasteiger partial charge in [0, 0.05) is 61.3 Å². The standard InChI is InChI=1S/C24H25N5O4/c1-33-21-15-19(7-8-20(21)29-11-3-6-23(29)31)27-24(32)17-4-2-5-18(14-17)26-22(30)9-12-28-13-10-25-16-28/h2,4-5,7-8,10,13-16H,3,6,9,11-12H2,1H3,(H,26,30)(H,27,32). The van der Waals surface area contributed by atoms with Crippen LogP contribution in [-0.2, 0) is 16.1 Å². The summed E-state index contributed by atoms with van der Waals surface area (Å²) >= 11 is 0. The van der Waals surface area contributed by atoms with Gasteiger partial charge >= 0.3 is 0 Å². The van der Waals surface area contributed by atoms with Gasteiger partial charge in [-0.25, -0.2) is 4.98 Å². The van der Waals surface area contributed by atoms with Gasteiger partial charge in [-0.05, 0) is 36.8 Å². The van der Waals surface area contributed by atoms with Crippen molar-refractivity contribution in [1.82, 2.24) is 9.55 Å². The van der Waals surface area contributed by atoms with Crippen LogP contribution >= 0.6 is 0 Å². The third-order valence-electron chi connectivity index (χ3n) is 5.37. The summed E-state index contributed by atoms with van der Waals surface area (Å²) < 4.78 is 7.27. The van der Waals surface area contributed by atoms with Crippen LogP contribution in [0.2, 0.25) is 0 Å². The highest BCUT2D eigenvalue weighted by Gasteiger charge is 2.24. The number of aromatic nitrogens is 2. The number of nitrogens with one attached hydrogen (secondary N) is 2. The maximum atomic E-state index is 12.8. The predicted octanol–water partition coefficient (Wildman–Crippen LogP) is 3.30. The van der Waals surface area contributed by atoms with Crippen molar-refractivity contribution < 1.29 is 19.1 Å². The largest absolute Gasteiger partial charge is 0.494 e. The first-order valence-corrected chi connectivity index (χ1v) is 10.7. The highest BCUT2D eigenvalue weighted by atomic mass is 16.5. The Morgan fingerprint density at radius 3 is 2.70 bits per heavy atom. The number of nitrogens with zero attached hydrogens (tertiary/aromatic N) is 3. The molecule has 2 N–H and O–H groups in total. The van der Waals surface area contributed by atoms with E-state index in [1.54, 1.807) is 66.1 Å². The number of amides is 3. The number of hydrogen-bond acceptors (Lipinski definition) is 5. The Bertz CT molecular complexity index is 1160. The molecule has 4 rings (SSSR count). The molecule has 3 aromatic rings. The molecule has 33 heavy (non-hydrogen) atoms. The van der Waals surface area contributed by atoms with Crippen molar-refractivity contribution in [1.29, 1.82) is 0 Å². The lowest BCUT2D eigenvalue weighted by molar-refractivity contribution is -0.117. The van der Waals surface area contributed by atoms with E-state index in [-0.39, 0.29) is 17.7 Å². The smallest absolute Gasteiger partial charge is 0.255 e. The highest BCUT2D eigenvalue weighted by Crippen LogP contribution is 2.34. The van der Waals surface area contributed by atoms with Crippen molar-refractivity contribution in [2.45, 2.75) is 25.8 Å². The van der Waals surface area contributed by atoms with Crippen LogP contribution in [0.3, 0.4) is 0 Å². The molecule has 3 amide bonds. The minimum atomic E-state index is -0.323. The number of hydrogen-bond donors (Lipinski definition) is 2. The molecule has 0 aliphatic carbocycles. The summed E-state index contributed by atoms with van der Waals surface area (Å²) in [6.45, 7) is 1.18. The highest BCUT2D eigenvalue weighted by molar-refractivity contribution is 6.06. The number of rotatable bonds is 8. The zero-order valence-corrected chi connectivity index (χ0v) is 18.3. The van der Waals surface area contributed by atoms with E-state index in [9.17, 15) is 14.4 Å². The second-order valence-electron chi connectivity index (χ2n) is 7.67. The first-order valence-electron chi connectivity index (χ1n) is 10.7. The monoisotopic (exact) mass is 447 g/mol. The van der Waals surface area contributed by atoms with Crippen LogP contribution in [0.4, 0.5) is 17.1 Å². The average molecular weight is 447 g/mol. The number of anilines is 3. The lowest BCUT2D eigenvalue weighted by atomic mass is 10.1. The number of methoxy groups -OCH3 is 1. The molecule has 0 bridgehead atoms. The molecule has 1 saturated heterocycles. The second kappa shape index (κ2) is 9.99. The molecule has 1 aromatic heterocycles. The summed E-state index contributed by atoms with van der Waals surface area (Å²) in [6, 6.07) is 11.9. The quantitative estimate of drug-likeness (QED) is 0.551. The van der Waals surface area contributed by atoms with Gasteiger partial charge in [0.2, 0.25) is 11.8 Å². The molecule has 2 heterocycles. The van der Waals surface area contributed by atoms with E-state index in [0.717, 1.165) is 6.42 Å². The molecule has 1 fully saturated rings. The number of aryl methyl sites for hydroxylation is 1. The molecule has 2 aromatic carbocycles. The molecule has 9 nitrogen and oxygen atoms in total. The van der Waals surface area contributed by atoms with Crippen LogP contribution in [0.5, 0.6) is 5.75 Å². The zero-order chi connectivity index (χ0) is 23.2. The Hall–Kier alpha value is -4.14. The van der Waals surface area contributed by atoms with Crippen LogP contribution in [0.1, 0.15) is 29.6 Å². The van der Waals surface area contributed by atoms with Crippen molar-refractivity contribution in [2.75, 3.05) is 29.2 Å². The summed E-state index contributed by atoms with van der Waals surface area (Å²) in [7, 11) is 1.53. The molecule has 0 saturated carbocycles. The van der Waals surface area contributed by atoms with Crippen LogP contribution in [0.25, 0.3) is 0 Å². The van der Waals surface area contributed by atoms with Gasteiger partial charge < -0.3 is 24.8 Å². The van der Waals surface area contributed by atoms with Gasteiger partial charge in [-0.15, -0.1) is 0 Å². The van der Waals surface area contributed by atoms with Crippen molar-refractivity contribution in [3.05, 3.63) is 66.7 Å². The average Bonchev–Trinajstić information content (AvgIpc) is 3.49. The van der Waals surface area contributed by atoms with Gasteiger partial charge in [0.25, 0.3) is 5.91 Å². The molecular weight excluding hydrogens is 422 g/mol. The topological polar surface area (TPSA) is 106 Å². The lowest BCUT2D eigenvalue weighted by Crippen LogP contribution is -2.24. The van der Waals surface area contributed by atoms with Crippen molar-refractivity contribution in [3.63, 3.8) is 0 Å². The summed E-state index contributed by atoms with van der Waals surface area (Å²) in [5, 5.41) is 5.66. The predicted molar refractivity (Wildman–Crippen MR) is 124 cm³/mol. The van der Waals surface area contributed by atoms with E-state index in [2.05, 4.69) is 15.6 Å². The Kier molecular flexibility index (Phi) is 6.68. The van der Waals surface area contributed by atoms with Crippen molar-refractivity contribution >= 4 is 34.8 Å². The van der Waals surface area contributed by atoms with E-state index in [1.165, 1.54) is 7.11 Å².